The van der Waals surface area contributed by atoms with E-state index in [2.05, 4.69) is 39.5 Å². The number of hydrogen-bond donors (Lipinski definition) is 1. The number of hydrogen-bond acceptors (Lipinski definition) is 2. The fraction of sp³-hybridized carbons (Fsp3) is 1.00. The lowest BCUT2D eigenvalue weighted by atomic mass is 9.83. The minimum absolute atomic E-state index is 0.111. The van der Waals surface area contributed by atoms with Crippen LogP contribution in [-0.2, 0) is 0 Å². The van der Waals surface area contributed by atoms with Gasteiger partial charge in [-0.25, -0.2) is 0 Å². The second kappa shape index (κ2) is 7.49. The van der Waals surface area contributed by atoms with Crippen LogP contribution in [0.1, 0.15) is 66.7 Å². The molecule has 1 fully saturated rings. The molecular weight excluding hydrogens is 222 g/mol. The molecule has 1 aliphatic carbocycles. The van der Waals surface area contributed by atoms with Crippen LogP contribution < -0.4 is 0 Å². The number of aliphatic hydroxyl groups is 1. The fourth-order valence-corrected chi connectivity index (χ4v) is 3.43. The maximum absolute atomic E-state index is 10.4. The van der Waals surface area contributed by atoms with Crippen LogP contribution >= 0.6 is 0 Å². The lowest BCUT2D eigenvalue weighted by Crippen LogP contribution is -2.52. The van der Waals surface area contributed by atoms with E-state index in [9.17, 15) is 5.11 Å². The second-order valence-corrected chi connectivity index (χ2v) is 6.61. The third kappa shape index (κ3) is 4.24. The van der Waals surface area contributed by atoms with E-state index in [0.717, 1.165) is 18.9 Å². The molecule has 108 valence electrons. The van der Waals surface area contributed by atoms with Crippen molar-refractivity contribution in [3.05, 3.63) is 0 Å². The summed E-state index contributed by atoms with van der Waals surface area (Å²) in [5.74, 6) is 1.44. The monoisotopic (exact) mass is 255 g/mol. The standard InChI is InChI=1S/C16H33NO/c1-6-14(7-2)17(11-12(3)4)15-10-13(5)8-9-16(15)18/h12-16,18H,6-11H2,1-5H3. The Labute approximate surface area is 114 Å². The topological polar surface area (TPSA) is 23.5 Å². The lowest BCUT2D eigenvalue weighted by Gasteiger charge is -2.44. The van der Waals surface area contributed by atoms with Crippen molar-refractivity contribution in [2.75, 3.05) is 6.54 Å². The predicted octanol–water partition coefficient (Wildman–Crippen LogP) is 3.68. The molecule has 0 amide bonds. The van der Waals surface area contributed by atoms with Crippen molar-refractivity contribution in [2.24, 2.45) is 11.8 Å². The first-order valence-electron chi connectivity index (χ1n) is 7.93. The third-order valence-corrected chi connectivity index (χ3v) is 4.46. The molecule has 0 heterocycles. The molecule has 3 unspecified atom stereocenters. The van der Waals surface area contributed by atoms with E-state index in [0.29, 0.717) is 18.0 Å². The summed E-state index contributed by atoms with van der Waals surface area (Å²) in [7, 11) is 0. The van der Waals surface area contributed by atoms with Crippen molar-refractivity contribution in [3.8, 4) is 0 Å². The average molecular weight is 255 g/mol. The largest absolute Gasteiger partial charge is 0.391 e. The highest BCUT2D eigenvalue weighted by molar-refractivity contribution is 4.88. The molecule has 0 bridgehead atoms. The smallest absolute Gasteiger partial charge is 0.0695 e. The summed E-state index contributed by atoms with van der Waals surface area (Å²) >= 11 is 0. The molecule has 0 saturated heterocycles. The molecule has 0 radical (unpaired) electrons. The van der Waals surface area contributed by atoms with Gasteiger partial charge < -0.3 is 5.11 Å². The average Bonchev–Trinajstić information content (AvgIpc) is 2.32. The summed E-state index contributed by atoms with van der Waals surface area (Å²) in [4.78, 5) is 2.62. The molecule has 0 aromatic rings. The molecule has 1 rings (SSSR count). The Balaban J connectivity index is 2.78. The van der Waals surface area contributed by atoms with E-state index in [-0.39, 0.29) is 6.10 Å². The second-order valence-electron chi connectivity index (χ2n) is 6.61. The minimum Gasteiger partial charge on any atom is -0.391 e. The van der Waals surface area contributed by atoms with E-state index in [1.54, 1.807) is 0 Å². The summed E-state index contributed by atoms with van der Waals surface area (Å²) in [6, 6.07) is 1.03. The van der Waals surface area contributed by atoms with Crippen LogP contribution in [0, 0.1) is 11.8 Å². The van der Waals surface area contributed by atoms with Gasteiger partial charge in [0, 0.05) is 18.6 Å². The number of rotatable bonds is 6. The van der Waals surface area contributed by atoms with Crippen LogP contribution in [0.5, 0.6) is 0 Å². The van der Waals surface area contributed by atoms with Gasteiger partial charge in [-0.1, -0.05) is 34.6 Å². The van der Waals surface area contributed by atoms with Crippen molar-refractivity contribution in [2.45, 2.75) is 84.9 Å². The van der Waals surface area contributed by atoms with E-state index >= 15 is 0 Å². The van der Waals surface area contributed by atoms with Crippen molar-refractivity contribution in [3.63, 3.8) is 0 Å². The van der Waals surface area contributed by atoms with E-state index in [4.69, 9.17) is 0 Å². The maximum atomic E-state index is 10.4. The molecule has 0 aromatic heterocycles. The van der Waals surface area contributed by atoms with Crippen LogP contribution in [0.3, 0.4) is 0 Å². The Bertz CT molecular complexity index is 225. The quantitative estimate of drug-likeness (QED) is 0.782. The molecule has 0 spiro atoms. The predicted molar refractivity (Wildman–Crippen MR) is 78.7 cm³/mol. The van der Waals surface area contributed by atoms with Gasteiger partial charge in [-0.15, -0.1) is 0 Å². The number of aliphatic hydroxyl groups excluding tert-OH is 1. The van der Waals surface area contributed by atoms with Gasteiger partial charge in [-0.3, -0.25) is 4.90 Å². The van der Waals surface area contributed by atoms with Crippen molar-refractivity contribution >= 4 is 0 Å². The fourth-order valence-electron chi connectivity index (χ4n) is 3.43. The Morgan fingerprint density at radius 1 is 1.17 bits per heavy atom. The van der Waals surface area contributed by atoms with Gasteiger partial charge in [-0.2, -0.15) is 0 Å². The molecular formula is C16H33NO. The summed E-state index contributed by atoms with van der Waals surface area (Å²) in [6.07, 6.45) is 5.63. The highest BCUT2D eigenvalue weighted by Crippen LogP contribution is 2.30. The maximum Gasteiger partial charge on any atom is 0.0695 e. The van der Waals surface area contributed by atoms with Gasteiger partial charge in [0.1, 0.15) is 0 Å². The van der Waals surface area contributed by atoms with Crippen LogP contribution in [-0.4, -0.2) is 34.7 Å². The summed E-state index contributed by atoms with van der Waals surface area (Å²) in [5, 5.41) is 10.4. The number of nitrogens with zero attached hydrogens (tertiary/aromatic N) is 1. The van der Waals surface area contributed by atoms with Gasteiger partial charge in [-0.05, 0) is 43.9 Å². The van der Waals surface area contributed by atoms with Crippen LogP contribution in [0.4, 0.5) is 0 Å². The Morgan fingerprint density at radius 2 is 1.78 bits per heavy atom. The third-order valence-electron chi connectivity index (χ3n) is 4.46. The Hall–Kier alpha value is -0.0800. The van der Waals surface area contributed by atoms with Gasteiger partial charge >= 0.3 is 0 Å². The van der Waals surface area contributed by atoms with Crippen molar-refractivity contribution < 1.29 is 5.11 Å². The lowest BCUT2D eigenvalue weighted by molar-refractivity contribution is -0.0213. The molecule has 18 heavy (non-hydrogen) atoms. The van der Waals surface area contributed by atoms with Gasteiger partial charge in [0.15, 0.2) is 0 Å². The highest BCUT2D eigenvalue weighted by atomic mass is 16.3. The molecule has 1 saturated carbocycles. The van der Waals surface area contributed by atoms with Gasteiger partial charge in [0.05, 0.1) is 6.10 Å². The summed E-state index contributed by atoms with van der Waals surface area (Å²) in [6.45, 7) is 12.6. The molecule has 1 aliphatic rings. The first kappa shape index (κ1) is 16.0. The first-order chi connectivity index (χ1) is 8.49. The van der Waals surface area contributed by atoms with Crippen molar-refractivity contribution in [1.29, 1.82) is 0 Å². The molecule has 2 heteroatoms. The summed E-state index contributed by atoms with van der Waals surface area (Å²) < 4.78 is 0. The molecule has 3 atom stereocenters. The van der Waals surface area contributed by atoms with Gasteiger partial charge in [0.25, 0.3) is 0 Å². The van der Waals surface area contributed by atoms with Crippen molar-refractivity contribution in [1.82, 2.24) is 4.90 Å². The molecule has 2 nitrogen and oxygen atoms in total. The van der Waals surface area contributed by atoms with Crippen LogP contribution in [0.25, 0.3) is 0 Å². The van der Waals surface area contributed by atoms with Crippen LogP contribution in [0.2, 0.25) is 0 Å². The molecule has 1 N–H and O–H groups in total. The zero-order valence-corrected chi connectivity index (χ0v) is 13.0. The van der Waals surface area contributed by atoms with E-state index in [1.165, 1.54) is 25.7 Å². The van der Waals surface area contributed by atoms with Crippen LogP contribution in [0.15, 0.2) is 0 Å². The SMILES string of the molecule is CCC(CC)N(CC(C)C)C1CC(C)CCC1O. The highest BCUT2D eigenvalue weighted by Gasteiger charge is 2.34. The first-order valence-corrected chi connectivity index (χ1v) is 7.93. The Morgan fingerprint density at radius 3 is 2.28 bits per heavy atom. The zero-order chi connectivity index (χ0) is 13.7. The Kier molecular flexibility index (Phi) is 6.65. The normalized spacial score (nSPS) is 29.5. The van der Waals surface area contributed by atoms with Gasteiger partial charge in [0.2, 0.25) is 0 Å². The van der Waals surface area contributed by atoms with E-state index < -0.39 is 0 Å². The summed E-state index contributed by atoms with van der Waals surface area (Å²) in [5.41, 5.74) is 0. The van der Waals surface area contributed by atoms with E-state index in [1.807, 2.05) is 0 Å². The minimum atomic E-state index is -0.111. The molecule has 0 aliphatic heterocycles. The molecule has 0 aromatic carbocycles. The zero-order valence-electron chi connectivity index (χ0n) is 13.0.